The fourth-order valence-corrected chi connectivity index (χ4v) is 1.82. The highest BCUT2D eigenvalue weighted by Crippen LogP contribution is 2.18. The Labute approximate surface area is 114 Å². The van der Waals surface area contributed by atoms with Crippen LogP contribution in [0.25, 0.3) is 0 Å². The summed E-state index contributed by atoms with van der Waals surface area (Å²) in [4.78, 5) is 0. The van der Waals surface area contributed by atoms with Gasteiger partial charge in [-0.15, -0.1) is 0 Å². The maximum absolute atomic E-state index is 5.73. The van der Waals surface area contributed by atoms with Crippen molar-refractivity contribution in [3.8, 4) is 5.75 Å². The van der Waals surface area contributed by atoms with Gasteiger partial charge in [0.15, 0.2) is 0 Å². The molecule has 0 spiro atoms. The molecular weight excluding hydrogens is 238 g/mol. The highest BCUT2D eigenvalue weighted by Gasteiger charge is 2.03. The predicted octanol–water partition coefficient (Wildman–Crippen LogP) is 3.58. The van der Waals surface area contributed by atoms with Crippen LogP contribution < -0.4 is 10.1 Å². The summed E-state index contributed by atoms with van der Waals surface area (Å²) in [7, 11) is 0. The minimum absolute atomic E-state index is 0.467. The number of ether oxygens (including phenoxy) is 1. The Bertz CT molecular complexity index is 531. The van der Waals surface area contributed by atoms with E-state index in [1.807, 2.05) is 12.1 Å². The van der Waals surface area contributed by atoms with E-state index in [4.69, 9.17) is 9.15 Å². The van der Waals surface area contributed by atoms with Gasteiger partial charge in [-0.3, -0.25) is 0 Å². The van der Waals surface area contributed by atoms with Crippen molar-refractivity contribution in [2.24, 2.45) is 0 Å². The molecule has 1 aromatic heterocycles. The van der Waals surface area contributed by atoms with Crippen molar-refractivity contribution in [3.63, 3.8) is 0 Å². The number of nitrogens with one attached hydrogen (secondary N) is 1. The van der Waals surface area contributed by atoms with Crippen molar-refractivity contribution < 1.29 is 9.15 Å². The van der Waals surface area contributed by atoms with Crippen LogP contribution in [-0.4, -0.2) is 6.54 Å². The minimum Gasteiger partial charge on any atom is -0.486 e. The molecule has 2 rings (SSSR count). The lowest BCUT2D eigenvalue weighted by Gasteiger charge is -2.06. The summed E-state index contributed by atoms with van der Waals surface area (Å²) in [5, 5.41) is 3.26. The maximum Gasteiger partial charge on any atom is 0.146 e. The normalized spacial score (nSPS) is 10.7. The first kappa shape index (κ1) is 13.7. The molecular formula is C16H21NO2. The van der Waals surface area contributed by atoms with Crippen LogP contribution in [0.1, 0.15) is 29.4 Å². The number of rotatable bonds is 6. The summed E-state index contributed by atoms with van der Waals surface area (Å²) in [6, 6.07) is 8.15. The Hall–Kier alpha value is -1.74. The number of furan rings is 1. The number of hydrogen-bond donors (Lipinski definition) is 1. The summed E-state index contributed by atoms with van der Waals surface area (Å²) >= 11 is 0. The molecule has 0 radical (unpaired) electrons. The first-order valence-electron chi connectivity index (χ1n) is 6.66. The predicted molar refractivity (Wildman–Crippen MR) is 76.3 cm³/mol. The van der Waals surface area contributed by atoms with Crippen LogP contribution in [0.5, 0.6) is 5.75 Å². The molecule has 1 N–H and O–H groups in total. The van der Waals surface area contributed by atoms with E-state index >= 15 is 0 Å². The summed E-state index contributed by atoms with van der Waals surface area (Å²) in [5.74, 6) is 1.74. The summed E-state index contributed by atoms with van der Waals surface area (Å²) < 4.78 is 11.2. The van der Waals surface area contributed by atoms with Gasteiger partial charge in [-0.1, -0.05) is 13.0 Å². The second-order valence-electron chi connectivity index (χ2n) is 4.74. The van der Waals surface area contributed by atoms with Gasteiger partial charge in [-0.25, -0.2) is 0 Å². The van der Waals surface area contributed by atoms with Crippen LogP contribution in [0.3, 0.4) is 0 Å². The van der Waals surface area contributed by atoms with Crippen LogP contribution in [0.2, 0.25) is 0 Å². The molecule has 0 fully saturated rings. The summed E-state index contributed by atoms with van der Waals surface area (Å²) in [5.41, 5.74) is 3.67. The van der Waals surface area contributed by atoms with Crippen molar-refractivity contribution in [1.82, 2.24) is 5.32 Å². The highest BCUT2D eigenvalue weighted by molar-refractivity contribution is 5.33. The Morgan fingerprint density at radius 2 is 2.00 bits per heavy atom. The Morgan fingerprint density at radius 1 is 1.16 bits per heavy atom. The lowest BCUT2D eigenvalue weighted by atomic mass is 10.1. The third-order valence-electron chi connectivity index (χ3n) is 3.15. The minimum atomic E-state index is 0.467. The molecule has 19 heavy (non-hydrogen) atoms. The van der Waals surface area contributed by atoms with Crippen molar-refractivity contribution in [3.05, 3.63) is 53.0 Å². The van der Waals surface area contributed by atoms with Gasteiger partial charge >= 0.3 is 0 Å². The van der Waals surface area contributed by atoms with Crippen molar-refractivity contribution >= 4 is 0 Å². The lowest BCUT2D eigenvalue weighted by Crippen LogP contribution is -2.10. The molecule has 0 saturated heterocycles. The van der Waals surface area contributed by atoms with Crippen LogP contribution >= 0.6 is 0 Å². The van der Waals surface area contributed by atoms with Gasteiger partial charge < -0.3 is 14.5 Å². The summed E-state index contributed by atoms with van der Waals surface area (Å²) in [6.07, 6.45) is 1.78. The van der Waals surface area contributed by atoms with E-state index in [1.165, 1.54) is 11.1 Å². The van der Waals surface area contributed by atoms with Gasteiger partial charge in [-0.05, 0) is 49.7 Å². The molecule has 0 amide bonds. The SMILES string of the molecule is CCNCc1coc(COc2ccc(C)c(C)c2)c1. The fraction of sp³-hybridized carbons (Fsp3) is 0.375. The number of hydrogen-bond acceptors (Lipinski definition) is 3. The molecule has 1 heterocycles. The molecule has 0 aliphatic rings. The summed E-state index contributed by atoms with van der Waals surface area (Å²) in [6.45, 7) is 8.53. The molecule has 0 saturated carbocycles. The van der Waals surface area contributed by atoms with Gasteiger partial charge in [0.05, 0.1) is 6.26 Å². The molecule has 0 bridgehead atoms. The molecule has 102 valence electrons. The Balaban J connectivity index is 1.91. The molecule has 0 aliphatic carbocycles. The molecule has 0 unspecified atom stereocenters. The highest BCUT2D eigenvalue weighted by atomic mass is 16.5. The second kappa shape index (κ2) is 6.43. The first-order chi connectivity index (χ1) is 9.19. The number of aryl methyl sites for hydroxylation is 2. The van der Waals surface area contributed by atoms with Gasteiger partial charge in [-0.2, -0.15) is 0 Å². The fourth-order valence-electron chi connectivity index (χ4n) is 1.82. The zero-order valence-electron chi connectivity index (χ0n) is 11.8. The molecule has 3 nitrogen and oxygen atoms in total. The number of benzene rings is 1. The third-order valence-corrected chi connectivity index (χ3v) is 3.15. The monoisotopic (exact) mass is 259 g/mol. The van der Waals surface area contributed by atoms with Gasteiger partial charge in [0, 0.05) is 12.1 Å². The van der Waals surface area contributed by atoms with E-state index < -0.39 is 0 Å². The van der Waals surface area contributed by atoms with E-state index in [0.717, 1.165) is 30.2 Å². The quantitative estimate of drug-likeness (QED) is 0.861. The molecule has 3 heteroatoms. The van der Waals surface area contributed by atoms with Crippen molar-refractivity contribution in [2.45, 2.75) is 33.9 Å². The van der Waals surface area contributed by atoms with Crippen LogP contribution in [0.4, 0.5) is 0 Å². The molecule has 1 aromatic carbocycles. The second-order valence-corrected chi connectivity index (χ2v) is 4.74. The largest absolute Gasteiger partial charge is 0.486 e. The van der Waals surface area contributed by atoms with Crippen LogP contribution in [0, 0.1) is 13.8 Å². The van der Waals surface area contributed by atoms with Gasteiger partial charge in [0.25, 0.3) is 0 Å². The third kappa shape index (κ3) is 3.86. The molecule has 0 atom stereocenters. The zero-order chi connectivity index (χ0) is 13.7. The van der Waals surface area contributed by atoms with E-state index in [1.54, 1.807) is 6.26 Å². The van der Waals surface area contributed by atoms with E-state index in [-0.39, 0.29) is 0 Å². The van der Waals surface area contributed by atoms with E-state index in [0.29, 0.717) is 6.61 Å². The zero-order valence-corrected chi connectivity index (χ0v) is 11.8. The average Bonchev–Trinajstić information content (AvgIpc) is 2.86. The van der Waals surface area contributed by atoms with Crippen molar-refractivity contribution in [1.29, 1.82) is 0 Å². The van der Waals surface area contributed by atoms with Crippen LogP contribution in [0.15, 0.2) is 34.9 Å². The van der Waals surface area contributed by atoms with Gasteiger partial charge in [0.2, 0.25) is 0 Å². The standard InChI is InChI=1S/C16H21NO2/c1-4-17-9-14-8-16(18-10-14)11-19-15-6-5-12(2)13(3)7-15/h5-8,10,17H,4,9,11H2,1-3H3. The maximum atomic E-state index is 5.73. The topological polar surface area (TPSA) is 34.4 Å². The van der Waals surface area contributed by atoms with E-state index in [9.17, 15) is 0 Å². The molecule has 0 aliphatic heterocycles. The first-order valence-corrected chi connectivity index (χ1v) is 6.66. The molecule has 2 aromatic rings. The smallest absolute Gasteiger partial charge is 0.146 e. The van der Waals surface area contributed by atoms with Gasteiger partial charge in [0.1, 0.15) is 18.1 Å². The average molecular weight is 259 g/mol. The Morgan fingerprint density at radius 3 is 2.74 bits per heavy atom. The van der Waals surface area contributed by atoms with Crippen LogP contribution in [-0.2, 0) is 13.2 Å². The Kier molecular flexibility index (Phi) is 4.63. The lowest BCUT2D eigenvalue weighted by molar-refractivity contribution is 0.270. The van der Waals surface area contributed by atoms with E-state index in [2.05, 4.69) is 38.2 Å². The van der Waals surface area contributed by atoms with Crippen molar-refractivity contribution in [2.75, 3.05) is 6.54 Å².